The molecule has 10 heteroatoms. The number of carboxylic acids is 1. The Morgan fingerprint density at radius 2 is 2.19 bits per heavy atom. The number of nitrogens with zero attached hydrogens (tertiary/aromatic N) is 4. The molecule has 0 aliphatic carbocycles. The Labute approximate surface area is 150 Å². The van der Waals surface area contributed by atoms with Gasteiger partial charge < -0.3 is 19.9 Å². The molecule has 10 nitrogen and oxygen atoms in total. The first kappa shape index (κ1) is 19.3. The van der Waals surface area contributed by atoms with Crippen molar-refractivity contribution in [1.82, 2.24) is 25.5 Å². The van der Waals surface area contributed by atoms with Crippen LogP contribution in [-0.2, 0) is 20.7 Å². The van der Waals surface area contributed by atoms with Gasteiger partial charge in [-0.05, 0) is 35.0 Å². The van der Waals surface area contributed by atoms with Gasteiger partial charge in [-0.15, -0.1) is 5.10 Å². The van der Waals surface area contributed by atoms with E-state index in [0.717, 1.165) is 5.56 Å². The highest BCUT2D eigenvalue weighted by atomic mass is 16.5. The van der Waals surface area contributed by atoms with Crippen molar-refractivity contribution in [3.8, 4) is 5.75 Å². The molecule has 2 aromatic rings. The topological polar surface area (TPSA) is 128 Å². The maximum Gasteiger partial charge on any atom is 0.329 e. The zero-order chi connectivity index (χ0) is 18.9. The van der Waals surface area contributed by atoms with E-state index in [1.54, 1.807) is 14.0 Å². The van der Waals surface area contributed by atoms with E-state index in [-0.39, 0.29) is 19.1 Å². The number of methoxy groups -OCH3 is 1. The van der Waals surface area contributed by atoms with Crippen molar-refractivity contribution in [3.05, 3.63) is 35.7 Å². The Balaban J connectivity index is 2.05. The van der Waals surface area contributed by atoms with E-state index in [1.165, 1.54) is 4.68 Å². The van der Waals surface area contributed by atoms with E-state index in [4.69, 9.17) is 14.6 Å². The van der Waals surface area contributed by atoms with E-state index < -0.39 is 18.6 Å². The molecule has 1 heterocycles. The summed E-state index contributed by atoms with van der Waals surface area (Å²) in [6.45, 7) is 1.58. The molecule has 1 amide bonds. The third kappa shape index (κ3) is 5.52. The highest BCUT2D eigenvalue weighted by Crippen LogP contribution is 2.19. The lowest BCUT2D eigenvalue weighted by molar-refractivity contribution is -0.142. The van der Waals surface area contributed by atoms with Gasteiger partial charge in [0.2, 0.25) is 5.91 Å². The van der Waals surface area contributed by atoms with Crippen LogP contribution in [0.3, 0.4) is 0 Å². The highest BCUT2D eigenvalue weighted by Gasteiger charge is 2.24. The van der Waals surface area contributed by atoms with Gasteiger partial charge in [0.15, 0.2) is 0 Å². The van der Waals surface area contributed by atoms with E-state index in [0.29, 0.717) is 18.0 Å². The molecule has 140 valence electrons. The molecule has 0 saturated heterocycles. The summed E-state index contributed by atoms with van der Waals surface area (Å²) in [7, 11) is 1.58. The summed E-state index contributed by atoms with van der Waals surface area (Å²) in [6.07, 6.45) is 0.366. The van der Waals surface area contributed by atoms with Gasteiger partial charge in [-0.2, -0.15) is 0 Å². The average Bonchev–Trinajstić information content (AvgIpc) is 3.04. The predicted octanol–water partition coefficient (Wildman–Crippen LogP) is -0.00868. The predicted molar refractivity (Wildman–Crippen MR) is 89.8 cm³/mol. The summed E-state index contributed by atoms with van der Waals surface area (Å²) >= 11 is 0. The van der Waals surface area contributed by atoms with Crippen LogP contribution in [0.15, 0.2) is 24.3 Å². The minimum atomic E-state index is -1.06. The van der Waals surface area contributed by atoms with E-state index in [9.17, 15) is 9.59 Å². The van der Waals surface area contributed by atoms with Gasteiger partial charge in [-0.3, -0.25) is 4.79 Å². The second-order valence-electron chi connectivity index (χ2n) is 5.48. The van der Waals surface area contributed by atoms with Crippen molar-refractivity contribution < 1.29 is 24.2 Å². The van der Waals surface area contributed by atoms with Crippen molar-refractivity contribution in [1.29, 1.82) is 0 Å². The maximum absolute atomic E-state index is 12.6. The summed E-state index contributed by atoms with van der Waals surface area (Å²) in [4.78, 5) is 23.0. The Kier molecular flexibility index (Phi) is 7.03. The molecule has 0 spiro atoms. The molecule has 0 saturated carbocycles. The number of amides is 1. The number of carbonyl (C=O) groups is 2. The standard InChI is InChI=1S/C16H21N5O5/c1-11-18-19-20-21(11)14(9-12-4-3-5-13(8-12)25-2)16(24)17-6-7-26-10-15(22)23/h3-5,8,14H,6-7,9-10H2,1-2H3,(H,17,24)(H,22,23). The summed E-state index contributed by atoms with van der Waals surface area (Å²) < 4.78 is 11.6. The van der Waals surface area contributed by atoms with E-state index in [1.807, 2.05) is 24.3 Å². The van der Waals surface area contributed by atoms with E-state index >= 15 is 0 Å². The van der Waals surface area contributed by atoms with Crippen molar-refractivity contribution in [2.24, 2.45) is 0 Å². The molecule has 0 aliphatic rings. The highest BCUT2D eigenvalue weighted by molar-refractivity contribution is 5.80. The first-order chi connectivity index (χ1) is 12.5. The van der Waals surface area contributed by atoms with Crippen LogP contribution in [-0.4, -0.2) is 64.1 Å². The van der Waals surface area contributed by atoms with Gasteiger partial charge in [0.1, 0.15) is 24.2 Å². The summed E-state index contributed by atoms with van der Waals surface area (Å²) in [5, 5.41) is 22.6. The van der Waals surface area contributed by atoms with Gasteiger partial charge in [0.25, 0.3) is 0 Å². The largest absolute Gasteiger partial charge is 0.497 e. The van der Waals surface area contributed by atoms with Crippen molar-refractivity contribution >= 4 is 11.9 Å². The number of aromatic nitrogens is 4. The lowest BCUT2D eigenvalue weighted by atomic mass is 10.0. The zero-order valence-corrected chi connectivity index (χ0v) is 14.6. The van der Waals surface area contributed by atoms with Gasteiger partial charge in [-0.25, -0.2) is 9.48 Å². The number of tetrazole rings is 1. The molecule has 1 unspecified atom stereocenters. The van der Waals surface area contributed by atoms with Crippen LogP contribution in [0.4, 0.5) is 0 Å². The molecule has 1 aromatic heterocycles. The number of aliphatic carboxylic acids is 1. The lowest BCUT2D eigenvalue weighted by Crippen LogP contribution is -2.37. The van der Waals surface area contributed by atoms with E-state index in [2.05, 4.69) is 20.8 Å². The van der Waals surface area contributed by atoms with Crippen molar-refractivity contribution in [2.75, 3.05) is 26.9 Å². The zero-order valence-electron chi connectivity index (χ0n) is 14.6. The monoisotopic (exact) mass is 363 g/mol. The van der Waals surface area contributed by atoms with Crippen LogP contribution in [0, 0.1) is 6.92 Å². The minimum Gasteiger partial charge on any atom is -0.497 e. The normalized spacial score (nSPS) is 11.8. The lowest BCUT2D eigenvalue weighted by Gasteiger charge is -2.18. The fourth-order valence-electron chi connectivity index (χ4n) is 2.36. The maximum atomic E-state index is 12.6. The Morgan fingerprint density at radius 3 is 2.85 bits per heavy atom. The first-order valence-electron chi connectivity index (χ1n) is 7.96. The van der Waals surface area contributed by atoms with Gasteiger partial charge in [0, 0.05) is 13.0 Å². The molecular weight excluding hydrogens is 342 g/mol. The smallest absolute Gasteiger partial charge is 0.329 e. The fourth-order valence-corrected chi connectivity index (χ4v) is 2.36. The van der Waals surface area contributed by atoms with Crippen LogP contribution in [0.25, 0.3) is 0 Å². The molecule has 0 bridgehead atoms. The molecule has 0 fully saturated rings. The second-order valence-corrected chi connectivity index (χ2v) is 5.48. The number of rotatable bonds is 10. The molecule has 2 N–H and O–H groups in total. The number of benzene rings is 1. The molecule has 26 heavy (non-hydrogen) atoms. The van der Waals surface area contributed by atoms with Crippen LogP contribution >= 0.6 is 0 Å². The number of ether oxygens (including phenoxy) is 2. The Hall–Kier alpha value is -3.01. The third-order valence-electron chi connectivity index (χ3n) is 3.59. The number of carboxylic acid groups (broad SMARTS) is 1. The number of aryl methyl sites for hydroxylation is 1. The summed E-state index contributed by atoms with van der Waals surface area (Å²) in [6, 6.07) is 6.74. The Morgan fingerprint density at radius 1 is 1.38 bits per heavy atom. The van der Waals surface area contributed by atoms with Gasteiger partial charge in [0.05, 0.1) is 13.7 Å². The molecular formula is C16H21N5O5. The van der Waals surface area contributed by atoms with Gasteiger partial charge in [-0.1, -0.05) is 12.1 Å². The number of nitrogens with one attached hydrogen (secondary N) is 1. The van der Waals surface area contributed by atoms with Crippen molar-refractivity contribution in [3.63, 3.8) is 0 Å². The molecule has 0 radical (unpaired) electrons. The number of hydrogen-bond acceptors (Lipinski definition) is 7. The molecule has 1 atom stereocenters. The number of carbonyl (C=O) groups excluding carboxylic acids is 1. The Bertz CT molecular complexity index is 748. The van der Waals surface area contributed by atoms with Crippen molar-refractivity contribution in [2.45, 2.75) is 19.4 Å². The second kappa shape index (κ2) is 9.47. The third-order valence-corrected chi connectivity index (χ3v) is 3.59. The minimum absolute atomic E-state index is 0.0957. The van der Waals surface area contributed by atoms with Crippen LogP contribution in [0.2, 0.25) is 0 Å². The molecule has 1 aromatic carbocycles. The molecule has 0 aliphatic heterocycles. The SMILES string of the molecule is COc1cccc(CC(C(=O)NCCOCC(=O)O)n2nnnc2C)c1. The van der Waals surface area contributed by atoms with Crippen LogP contribution in [0.5, 0.6) is 5.75 Å². The first-order valence-corrected chi connectivity index (χ1v) is 7.96. The van der Waals surface area contributed by atoms with Gasteiger partial charge >= 0.3 is 5.97 Å². The molecule has 2 rings (SSSR count). The summed E-state index contributed by atoms with van der Waals surface area (Å²) in [5.41, 5.74) is 0.890. The fraction of sp³-hybridized carbons (Fsp3) is 0.438. The quantitative estimate of drug-likeness (QED) is 0.564. The average molecular weight is 363 g/mol. The summed E-state index contributed by atoms with van der Waals surface area (Å²) in [5.74, 6) is -0.147. The van der Waals surface area contributed by atoms with Crippen LogP contribution < -0.4 is 10.1 Å². The number of hydrogen-bond donors (Lipinski definition) is 2. The van der Waals surface area contributed by atoms with Crippen LogP contribution in [0.1, 0.15) is 17.4 Å².